The zero-order valence-electron chi connectivity index (χ0n) is 14.5. The fourth-order valence-corrected chi connectivity index (χ4v) is 2.31. The Bertz CT molecular complexity index is 573. The summed E-state index contributed by atoms with van der Waals surface area (Å²) in [5.41, 5.74) is 2.54. The zero-order chi connectivity index (χ0) is 17.4. The molecule has 0 amide bonds. The van der Waals surface area contributed by atoms with E-state index in [1.165, 1.54) is 6.08 Å². The van der Waals surface area contributed by atoms with E-state index in [4.69, 9.17) is 9.47 Å². The number of carbonyl (C=O) groups excluding carboxylic acids is 2. The number of ketones is 1. The molecular formula is C19H26O4. The van der Waals surface area contributed by atoms with Gasteiger partial charge < -0.3 is 9.47 Å². The number of hydrogen-bond donors (Lipinski definition) is 0. The van der Waals surface area contributed by atoms with Crippen LogP contribution >= 0.6 is 0 Å². The number of Topliss-reactive ketones (excluding diaryl/α,β-unsaturated/α-hetero) is 1. The Balaban J connectivity index is 2.92. The molecule has 0 N–H and O–H groups in total. The van der Waals surface area contributed by atoms with Crippen molar-refractivity contribution in [3.8, 4) is 5.75 Å². The minimum Gasteiger partial charge on any atom is -0.494 e. The van der Waals surface area contributed by atoms with Crippen LogP contribution in [0.4, 0.5) is 0 Å². The molecule has 1 aromatic rings. The normalized spacial score (nSPS) is 10.5. The molecule has 1 rings (SSSR count). The first-order valence-electron chi connectivity index (χ1n) is 7.97. The second-order valence-corrected chi connectivity index (χ2v) is 5.69. The first-order chi connectivity index (χ1) is 10.9. The van der Waals surface area contributed by atoms with Crippen molar-refractivity contribution in [3.63, 3.8) is 0 Å². The molecule has 0 bridgehead atoms. The molecule has 0 saturated carbocycles. The van der Waals surface area contributed by atoms with Gasteiger partial charge in [-0.25, -0.2) is 0 Å². The van der Waals surface area contributed by atoms with E-state index in [0.717, 1.165) is 16.9 Å². The van der Waals surface area contributed by atoms with Gasteiger partial charge in [0.1, 0.15) is 12.4 Å². The van der Waals surface area contributed by atoms with Crippen LogP contribution in [0.3, 0.4) is 0 Å². The van der Waals surface area contributed by atoms with Crippen molar-refractivity contribution < 1.29 is 19.1 Å². The van der Waals surface area contributed by atoms with Gasteiger partial charge in [-0.2, -0.15) is 0 Å². The van der Waals surface area contributed by atoms with Crippen LogP contribution in [0.5, 0.6) is 5.75 Å². The number of aryl methyl sites for hydroxylation is 1. The predicted octanol–water partition coefficient (Wildman–Crippen LogP) is 4.21. The summed E-state index contributed by atoms with van der Waals surface area (Å²) >= 11 is 0. The summed E-state index contributed by atoms with van der Waals surface area (Å²) in [6, 6.07) is 3.80. The number of benzene rings is 1. The average molecular weight is 318 g/mol. The van der Waals surface area contributed by atoms with Gasteiger partial charge in [-0.05, 0) is 43.0 Å². The fourth-order valence-electron chi connectivity index (χ4n) is 2.31. The van der Waals surface area contributed by atoms with Gasteiger partial charge in [0.2, 0.25) is 0 Å². The number of rotatable bonds is 9. The third-order valence-electron chi connectivity index (χ3n) is 3.49. The summed E-state index contributed by atoms with van der Waals surface area (Å²) < 4.78 is 10.5. The first kappa shape index (κ1) is 18.9. The van der Waals surface area contributed by atoms with Gasteiger partial charge in [0, 0.05) is 12.0 Å². The molecule has 4 heteroatoms. The number of ether oxygens (including phenoxy) is 2. The molecule has 1 aromatic carbocycles. The molecule has 0 heterocycles. The quantitative estimate of drug-likeness (QED) is 0.389. The summed E-state index contributed by atoms with van der Waals surface area (Å²) in [4.78, 5) is 24.0. The predicted molar refractivity (Wildman–Crippen MR) is 91.2 cm³/mol. The largest absolute Gasteiger partial charge is 0.494 e. The summed E-state index contributed by atoms with van der Waals surface area (Å²) in [5, 5.41) is 0. The van der Waals surface area contributed by atoms with Crippen molar-refractivity contribution in [1.82, 2.24) is 0 Å². The van der Waals surface area contributed by atoms with Crippen LogP contribution in [-0.2, 0) is 9.53 Å². The van der Waals surface area contributed by atoms with Crippen molar-refractivity contribution in [2.45, 2.75) is 46.5 Å². The number of hydrogen-bond acceptors (Lipinski definition) is 4. The SMILES string of the molecule is C=CCOC(=O)CCC(=O)c1cc(C)c(OCC)cc1C(C)C. The Morgan fingerprint density at radius 3 is 2.52 bits per heavy atom. The number of carbonyl (C=O) groups is 2. The van der Waals surface area contributed by atoms with Crippen molar-refractivity contribution in [3.05, 3.63) is 41.5 Å². The maximum Gasteiger partial charge on any atom is 0.306 e. The zero-order valence-corrected chi connectivity index (χ0v) is 14.5. The third kappa shape index (κ3) is 5.55. The van der Waals surface area contributed by atoms with E-state index in [1.807, 2.05) is 39.8 Å². The molecule has 4 nitrogen and oxygen atoms in total. The van der Waals surface area contributed by atoms with E-state index in [2.05, 4.69) is 6.58 Å². The van der Waals surface area contributed by atoms with Crippen LogP contribution in [0.2, 0.25) is 0 Å². The Morgan fingerprint density at radius 1 is 1.26 bits per heavy atom. The minimum atomic E-state index is -0.382. The second-order valence-electron chi connectivity index (χ2n) is 5.69. The fraction of sp³-hybridized carbons (Fsp3) is 0.474. The second kappa shape index (κ2) is 9.13. The lowest BCUT2D eigenvalue weighted by Gasteiger charge is -2.16. The molecule has 0 radical (unpaired) electrons. The Kier molecular flexibility index (Phi) is 7.52. The van der Waals surface area contributed by atoms with Crippen molar-refractivity contribution >= 4 is 11.8 Å². The standard InChI is InChI=1S/C19H26O4/c1-6-10-23-19(21)9-8-17(20)16-11-14(5)18(22-7-2)12-15(16)13(3)4/h6,11-13H,1,7-10H2,2-5H3. The highest BCUT2D eigenvalue weighted by molar-refractivity contribution is 5.99. The smallest absolute Gasteiger partial charge is 0.306 e. The molecule has 0 spiro atoms. The lowest BCUT2D eigenvalue weighted by molar-refractivity contribution is -0.142. The van der Waals surface area contributed by atoms with Crippen LogP contribution in [0, 0.1) is 6.92 Å². The van der Waals surface area contributed by atoms with E-state index in [0.29, 0.717) is 12.2 Å². The molecular weight excluding hydrogens is 292 g/mol. The van der Waals surface area contributed by atoms with E-state index in [9.17, 15) is 9.59 Å². The first-order valence-corrected chi connectivity index (χ1v) is 7.97. The van der Waals surface area contributed by atoms with Gasteiger partial charge in [-0.3, -0.25) is 9.59 Å². The minimum absolute atomic E-state index is 0.0459. The topological polar surface area (TPSA) is 52.6 Å². The summed E-state index contributed by atoms with van der Waals surface area (Å²) in [6.45, 7) is 12.2. The van der Waals surface area contributed by atoms with Crippen LogP contribution in [0.1, 0.15) is 61.0 Å². The van der Waals surface area contributed by atoms with E-state index >= 15 is 0 Å². The van der Waals surface area contributed by atoms with Gasteiger partial charge in [0.15, 0.2) is 5.78 Å². The highest BCUT2D eigenvalue weighted by Crippen LogP contribution is 2.29. The molecule has 0 atom stereocenters. The maximum absolute atomic E-state index is 12.5. The summed E-state index contributed by atoms with van der Waals surface area (Å²) in [5.74, 6) is 0.571. The molecule has 0 aliphatic heterocycles. The van der Waals surface area contributed by atoms with Gasteiger partial charge in [-0.15, -0.1) is 0 Å². The lowest BCUT2D eigenvalue weighted by atomic mass is 9.91. The summed E-state index contributed by atoms with van der Waals surface area (Å²) in [7, 11) is 0. The van der Waals surface area contributed by atoms with Crippen molar-refractivity contribution in [2.24, 2.45) is 0 Å². The van der Waals surface area contributed by atoms with Gasteiger partial charge in [-0.1, -0.05) is 26.5 Å². The van der Waals surface area contributed by atoms with Crippen LogP contribution in [0.25, 0.3) is 0 Å². The molecule has 0 unspecified atom stereocenters. The van der Waals surface area contributed by atoms with Crippen molar-refractivity contribution in [1.29, 1.82) is 0 Å². The van der Waals surface area contributed by atoms with Gasteiger partial charge >= 0.3 is 5.97 Å². The molecule has 23 heavy (non-hydrogen) atoms. The van der Waals surface area contributed by atoms with Gasteiger partial charge in [0.05, 0.1) is 13.0 Å². The molecule has 0 aromatic heterocycles. The monoisotopic (exact) mass is 318 g/mol. The van der Waals surface area contributed by atoms with Crippen LogP contribution < -0.4 is 4.74 Å². The Labute approximate surface area is 138 Å². The van der Waals surface area contributed by atoms with Gasteiger partial charge in [0.25, 0.3) is 0 Å². The Morgan fingerprint density at radius 2 is 1.96 bits per heavy atom. The molecule has 0 saturated heterocycles. The molecule has 0 fully saturated rings. The van der Waals surface area contributed by atoms with E-state index in [1.54, 1.807) is 0 Å². The van der Waals surface area contributed by atoms with E-state index < -0.39 is 0 Å². The highest BCUT2D eigenvalue weighted by Gasteiger charge is 2.18. The maximum atomic E-state index is 12.5. The Hall–Kier alpha value is -2.10. The van der Waals surface area contributed by atoms with E-state index in [-0.39, 0.29) is 37.1 Å². The third-order valence-corrected chi connectivity index (χ3v) is 3.49. The van der Waals surface area contributed by atoms with Crippen molar-refractivity contribution in [2.75, 3.05) is 13.2 Å². The molecule has 0 aliphatic rings. The van der Waals surface area contributed by atoms with Crippen LogP contribution in [0.15, 0.2) is 24.8 Å². The summed E-state index contributed by atoms with van der Waals surface area (Å²) in [6.07, 6.45) is 1.73. The molecule has 0 aliphatic carbocycles. The average Bonchev–Trinajstić information content (AvgIpc) is 2.52. The highest BCUT2D eigenvalue weighted by atomic mass is 16.5. The van der Waals surface area contributed by atoms with Crippen LogP contribution in [-0.4, -0.2) is 25.0 Å². The lowest BCUT2D eigenvalue weighted by Crippen LogP contribution is -2.11. The molecule has 126 valence electrons. The number of esters is 1.